The SMILES string of the molecule is Cc1cc(C(=O)N[C@H](C(=O)N[C@@H](Cc2ccc(F)cc2)C(=O)N[C@H](/C=C/C(=O)OC(c2ccccc2)c2ccccc2)CCC(N)=O)C(C)C)no1. The minimum atomic E-state index is -1.22. The third-order valence-electron chi connectivity index (χ3n) is 8.02. The lowest BCUT2D eigenvalue weighted by Gasteiger charge is -2.26. The molecule has 0 spiro atoms. The monoisotopic (exact) mass is 711 g/mol. The predicted octanol–water partition coefficient (Wildman–Crippen LogP) is 4.24. The number of carbonyl (C=O) groups excluding carboxylic acids is 5. The number of aryl methyl sites for hydroxylation is 1. The molecule has 4 amide bonds. The molecule has 0 bridgehead atoms. The number of primary amides is 1. The van der Waals surface area contributed by atoms with Crippen molar-refractivity contribution in [2.24, 2.45) is 11.7 Å². The van der Waals surface area contributed by atoms with Crippen molar-refractivity contribution in [1.29, 1.82) is 0 Å². The summed E-state index contributed by atoms with van der Waals surface area (Å²) in [5.74, 6) is -3.78. The second-order valence-corrected chi connectivity index (χ2v) is 12.5. The fraction of sp³-hybridized carbons (Fsp3) is 0.282. The summed E-state index contributed by atoms with van der Waals surface area (Å²) in [5.41, 5.74) is 7.43. The van der Waals surface area contributed by atoms with E-state index in [-0.39, 0.29) is 25.0 Å². The molecule has 0 saturated heterocycles. The van der Waals surface area contributed by atoms with Crippen LogP contribution in [0, 0.1) is 18.7 Å². The highest BCUT2D eigenvalue weighted by Crippen LogP contribution is 2.26. The molecule has 3 atom stereocenters. The standard InChI is InChI=1S/C39H42FN5O7/c1-24(2)35(44-38(49)32-22-25(3)52-45-32)39(50)43-31(23-26-14-16-29(40)17-15-26)37(48)42-30(18-20-33(41)46)19-21-34(47)51-36(27-10-6-4-7-11-27)28-12-8-5-9-13-28/h4-17,19,21-22,24,30-31,35-36H,18,20,23H2,1-3H3,(H2,41,46)(H,42,48)(H,43,50)(H,44,49)/b21-19+/t30-,31-,35-/m0/s1. The first kappa shape index (κ1) is 38.7. The lowest BCUT2D eigenvalue weighted by molar-refractivity contribution is -0.141. The van der Waals surface area contributed by atoms with Crippen molar-refractivity contribution >= 4 is 29.6 Å². The van der Waals surface area contributed by atoms with Crippen LogP contribution in [0.1, 0.15) is 65.7 Å². The second kappa shape index (κ2) is 18.8. The first-order valence-electron chi connectivity index (χ1n) is 16.8. The van der Waals surface area contributed by atoms with Gasteiger partial charge in [-0.05, 0) is 48.1 Å². The van der Waals surface area contributed by atoms with Crippen molar-refractivity contribution in [3.05, 3.63) is 137 Å². The minimum absolute atomic E-state index is 0.0157. The highest BCUT2D eigenvalue weighted by molar-refractivity contribution is 5.97. The van der Waals surface area contributed by atoms with Gasteiger partial charge >= 0.3 is 5.97 Å². The third-order valence-corrected chi connectivity index (χ3v) is 8.02. The van der Waals surface area contributed by atoms with Gasteiger partial charge in [0.2, 0.25) is 17.7 Å². The number of ether oxygens (including phenoxy) is 1. The average molecular weight is 712 g/mol. The van der Waals surface area contributed by atoms with Crippen LogP contribution in [0.3, 0.4) is 0 Å². The van der Waals surface area contributed by atoms with Gasteiger partial charge in [-0.25, -0.2) is 9.18 Å². The molecule has 1 heterocycles. The van der Waals surface area contributed by atoms with Gasteiger partial charge in [0.15, 0.2) is 11.8 Å². The Morgan fingerprint density at radius 3 is 2.02 bits per heavy atom. The Hall–Kier alpha value is -6.11. The number of hydrogen-bond donors (Lipinski definition) is 4. The van der Waals surface area contributed by atoms with E-state index in [2.05, 4.69) is 21.1 Å². The number of carbonyl (C=O) groups is 5. The maximum Gasteiger partial charge on any atom is 0.331 e. The van der Waals surface area contributed by atoms with E-state index in [9.17, 15) is 28.4 Å². The highest BCUT2D eigenvalue weighted by Gasteiger charge is 2.31. The van der Waals surface area contributed by atoms with Gasteiger partial charge in [0.05, 0.1) is 0 Å². The number of amides is 4. The summed E-state index contributed by atoms with van der Waals surface area (Å²) in [6, 6.07) is 22.0. The topological polar surface area (TPSA) is 183 Å². The zero-order valence-electron chi connectivity index (χ0n) is 29.1. The van der Waals surface area contributed by atoms with Crippen LogP contribution in [0.25, 0.3) is 0 Å². The van der Waals surface area contributed by atoms with Crippen LogP contribution in [-0.2, 0) is 30.3 Å². The molecule has 0 fully saturated rings. The molecule has 12 nitrogen and oxygen atoms in total. The Bertz CT molecular complexity index is 1810. The van der Waals surface area contributed by atoms with E-state index in [0.717, 1.165) is 17.2 Å². The van der Waals surface area contributed by atoms with Crippen molar-refractivity contribution < 1.29 is 37.6 Å². The predicted molar refractivity (Wildman–Crippen MR) is 190 cm³/mol. The molecular weight excluding hydrogens is 669 g/mol. The summed E-state index contributed by atoms with van der Waals surface area (Å²) in [5, 5.41) is 11.8. The van der Waals surface area contributed by atoms with Crippen LogP contribution in [0.2, 0.25) is 0 Å². The molecular formula is C39H42FN5O7. The number of hydrogen-bond acceptors (Lipinski definition) is 8. The van der Waals surface area contributed by atoms with E-state index in [4.69, 9.17) is 15.0 Å². The molecule has 13 heteroatoms. The normalized spacial score (nSPS) is 13.0. The summed E-state index contributed by atoms with van der Waals surface area (Å²) >= 11 is 0. The number of nitrogens with one attached hydrogen (secondary N) is 3. The number of nitrogens with zero attached hydrogens (tertiary/aromatic N) is 1. The summed E-state index contributed by atoms with van der Waals surface area (Å²) in [6.07, 6.45) is 1.70. The van der Waals surface area contributed by atoms with E-state index < -0.39 is 65.6 Å². The minimum Gasteiger partial charge on any atom is -0.449 e. The lowest BCUT2D eigenvalue weighted by atomic mass is 10.00. The van der Waals surface area contributed by atoms with Gasteiger partial charge in [0.25, 0.3) is 5.91 Å². The third kappa shape index (κ3) is 11.8. The summed E-state index contributed by atoms with van der Waals surface area (Å²) in [4.78, 5) is 65.2. The molecule has 5 N–H and O–H groups in total. The number of nitrogens with two attached hydrogens (primary N) is 1. The van der Waals surface area contributed by atoms with E-state index in [1.807, 2.05) is 60.7 Å². The van der Waals surface area contributed by atoms with Crippen molar-refractivity contribution in [3.63, 3.8) is 0 Å². The van der Waals surface area contributed by atoms with E-state index in [1.54, 1.807) is 20.8 Å². The van der Waals surface area contributed by atoms with Gasteiger partial charge in [0, 0.05) is 31.0 Å². The summed E-state index contributed by atoms with van der Waals surface area (Å²) in [6.45, 7) is 5.06. The zero-order chi connectivity index (χ0) is 37.6. The highest BCUT2D eigenvalue weighted by atomic mass is 19.1. The van der Waals surface area contributed by atoms with E-state index >= 15 is 0 Å². The first-order valence-corrected chi connectivity index (χ1v) is 16.8. The van der Waals surface area contributed by atoms with Crippen LogP contribution >= 0.6 is 0 Å². The van der Waals surface area contributed by atoms with Crippen LogP contribution in [-0.4, -0.2) is 52.9 Å². The Morgan fingerprint density at radius 1 is 0.865 bits per heavy atom. The Morgan fingerprint density at radius 2 is 1.48 bits per heavy atom. The smallest absolute Gasteiger partial charge is 0.331 e. The maximum atomic E-state index is 13.9. The van der Waals surface area contributed by atoms with Gasteiger partial charge in [-0.15, -0.1) is 0 Å². The van der Waals surface area contributed by atoms with Crippen molar-refractivity contribution in [1.82, 2.24) is 21.1 Å². The maximum absolute atomic E-state index is 13.9. The number of aromatic nitrogens is 1. The molecule has 4 aromatic rings. The van der Waals surface area contributed by atoms with Gasteiger partial charge in [-0.1, -0.05) is 97.9 Å². The van der Waals surface area contributed by atoms with Crippen LogP contribution in [0.15, 0.2) is 108 Å². The number of benzene rings is 3. The largest absolute Gasteiger partial charge is 0.449 e. The molecule has 1 aromatic heterocycles. The molecule has 52 heavy (non-hydrogen) atoms. The van der Waals surface area contributed by atoms with Gasteiger partial charge in [0.1, 0.15) is 23.7 Å². The van der Waals surface area contributed by atoms with Crippen LogP contribution < -0.4 is 21.7 Å². The lowest BCUT2D eigenvalue weighted by Crippen LogP contribution is -2.56. The quantitative estimate of drug-likeness (QED) is 0.0927. The zero-order valence-corrected chi connectivity index (χ0v) is 29.1. The van der Waals surface area contributed by atoms with E-state index in [1.165, 1.54) is 36.4 Å². The fourth-order valence-corrected chi connectivity index (χ4v) is 5.28. The molecule has 272 valence electrons. The van der Waals surface area contributed by atoms with Crippen molar-refractivity contribution in [2.45, 2.75) is 64.3 Å². The van der Waals surface area contributed by atoms with Gasteiger partial charge < -0.3 is 30.9 Å². The molecule has 0 unspecified atom stereocenters. The average Bonchev–Trinajstić information content (AvgIpc) is 3.57. The molecule has 4 rings (SSSR count). The molecule has 0 aliphatic carbocycles. The number of rotatable bonds is 17. The summed E-state index contributed by atoms with van der Waals surface area (Å²) < 4.78 is 24.5. The van der Waals surface area contributed by atoms with Crippen molar-refractivity contribution in [3.8, 4) is 0 Å². The van der Waals surface area contributed by atoms with Gasteiger partial charge in [-0.2, -0.15) is 0 Å². The Labute approximate surface area is 301 Å². The number of halogens is 1. The van der Waals surface area contributed by atoms with Crippen LogP contribution in [0.4, 0.5) is 4.39 Å². The Balaban J connectivity index is 1.54. The molecule has 0 radical (unpaired) electrons. The molecule has 0 aliphatic heterocycles. The molecule has 3 aromatic carbocycles. The fourth-order valence-electron chi connectivity index (χ4n) is 5.28. The van der Waals surface area contributed by atoms with Crippen molar-refractivity contribution in [2.75, 3.05) is 0 Å². The second-order valence-electron chi connectivity index (χ2n) is 12.5. The Kier molecular flexibility index (Phi) is 14.0. The summed E-state index contributed by atoms with van der Waals surface area (Å²) in [7, 11) is 0. The molecule has 0 aliphatic rings. The van der Waals surface area contributed by atoms with Crippen LogP contribution in [0.5, 0.6) is 0 Å². The first-order chi connectivity index (χ1) is 24.9. The van der Waals surface area contributed by atoms with E-state index in [0.29, 0.717) is 11.3 Å². The molecule has 0 saturated carbocycles. The number of esters is 1. The van der Waals surface area contributed by atoms with Gasteiger partial charge in [-0.3, -0.25) is 19.2 Å².